The van der Waals surface area contributed by atoms with E-state index < -0.39 is 0 Å². The number of nitrogens with one attached hydrogen (secondary N) is 2. The maximum Gasteiger partial charge on any atom is 0.262 e. The molecule has 1 saturated heterocycles. The van der Waals surface area contributed by atoms with Gasteiger partial charge in [-0.2, -0.15) is 0 Å². The lowest BCUT2D eigenvalue weighted by Crippen LogP contribution is -2.32. The van der Waals surface area contributed by atoms with E-state index in [-0.39, 0.29) is 24.5 Å². The van der Waals surface area contributed by atoms with E-state index in [0.717, 1.165) is 30.6 Å². The van der Waals surface area contributed by atoms with E-state index in [1.807, 2.05) is 32.0 Å². The highest BCUT2D eigenvalue weighted by molar-refractivity contribution is 6.04. The molecule has 2 N–H and O–H groups in total. The van der Waals surface area contributed by atoms with Gasteiger partial charge >= 0.3 is 0 Å². The summed E-state index contributed by atoms with van der Waals surface area (Å²) in [5.41, 5.74) is 2.91. The van der Waals surface area contributed by atoms with Crippen molar-refractivity contribution in [1.82, 2.24) is 5.32 Å². The van der Waals surface area contributed by atoms with Crippen LogP contribution in [0.25, 0.3) is 0 Å². The lowest BCUT2D eigenvalue weighted by molar-refractivity contribution is -0.118. The van der Waals surface area contributed by atoms with Gasteiger partial charge in [0, 0.05) is 13.2 Å². The first-order valence-electron chi connectivity index (χ1n) is 9.51. The van der Waals surface area contributed by atoms with Crippen molar-refractivity contribution in [1.29, 1.82) is 0 Å². The second-order valence-electron chi connectivity index (χ2n) is 7.00. The topological polar surface area (TPSA) is 76.7 Å². The fourth-order valence-electron chi connectivity index (χ4n) is 3.09. The van der Waals surface area contributed by atoms with Gasteiger partial charge < -0.3 is 20.1 Å². The van der Waals surface area contributed by atoms with Crippen LogP contribution in [0.3, 0.4) is 0 Å². The number of aryl methyl sites for hydroxylation is 2. The molecule has 28 heavy (non-hydrogen) atoms. The molecule has 0 aliphatic carbocycles. The molecule has 1 atom stereocenters. The minimum atomic E-state index is -0.319. The second kappa shape index (κ2) is 9.37. The molecule has 1 fully saturated rings. The fourth-order valence-corrected chi connectivity index (χ4v) is 3.09. The first-order valence-corrected chi connectivity index (χ1v) is 9.51. The highest BCUT2D eigenvalue weighted by Crippen LogP contribution is 2.20. The molecule has 0 unspecified atom stereocenters. The fraction of sp³-hybridized carbons (Fsp3) is 0.364. The summed E-state index contributed by atoms with van der Waals surface area (Å²) in [5.74, 6) is 0.125. The lowest BCUT2D eigenvalue weighted by atomic mass is 10.1. The van der Waals surface area contributed by atoms with Gasteiger partial charge in [0.1, 0.15) is 5.75 Å². The van der Waals surface area contributed by atoms with Gasteiger partial charge in [0.15, 0.2) is 6.61 Å². The zero-order chi connectivity index (χ0) is 19.9. The predicted molar refractivity (Wildman–Crippen MR) is 108 cm³/mol. The smallest absolute Gasteiger partial charge is 0.262 e. The molecular formula is C22H26N2O4. The van der Waals surface area contributed by atoms with Crippen LogP contribution in [0, 0.1) is 13.8 Å². The number of hydrogen-bond acceptors (Lipinski definition) is 4. The van der Waals surface area contributed by atoms with Gasteiger partial charge in [-0.1, -0.05) is 24.3 Å². The molecule has 2 aromatic carbocycles. The molecule has 0 radical (unpaired) electrons. The van der Waals surface area contributed by atoms with Crippen molar-refractivity contribution in [2.24, 2.45) is 0 Å². The number of carbonyl (C=O) groups is 2. The Hall–Kier alpha value is -2.86. The summed E-state index contributed by atoms with van der Waals surface area (Å²) in [6, 6.07) is 12.8. The van der Waals surface area contributed by atoms with Crippen LogP contribution in [-0.2, 0) is 9.53 Å². The van der Waals surface area contributed by atoms with Gasteiger partial charge in [-0.3, -0.25) is 9.59 Å². The minimum absolute atomic E-state index is 0.0664. The van der Waals surface area contributed by atoms with Crippen LogP contribution in [-0.4, -0.2) is 37.7 Å². The quantitative estimate of drug-likeness (QED) is 0.771. The van der Waals surface area contributed by atoms with Gasteiger partial charge in [0.25, 0.3) is 11.8 Å². The van der Waals surface area contributed by atoms with Crippen molar-refractivity contribution in [2.45, 2.75) is 32.8 Å². The summed E-state index contributed by atoms with van der Waals surface area (Å²) in [6.45, 7) is 4.98. The summed E-state index contributed by atoms with van der Waals surface area (Å²) >= 11 is 0. The molecule has 2 amide bonds. The molecule has 1 aliphatic rings. The molecule has 1 heterocycles. The van der Waals surface area contributed by atoms with Gasteiger partial charge in [-0.25, -0.2) is 0 Å². The predicted octanol–water partition coefficient (Wildman–Crippen LogP) is 3.23. The molecule has 0 spiro atoms. The molecule has 6 heteroatoms. The van der Waals surface area contributed by atoms with Crippen molar-refractivity contribution in [2.75, 3.05) is 25.1 Å². The molecule has 1 aliphatic heterocycles. The zero-order valence-corrected chi connectivity index (χ0v) is 16.3. The number of hydrogen-bond donors (Lipinski definition) is 2. The molecule has 0 bridgehead atoms. The number of ether oxygens (including phenoxy) is 2. The monoisotopic (exact) mass is 382 g/mol. The average molecular weight is 382 g/mol. The van der Waals surface area contributed by atoms with Crippen molar-refractivity contribution in [3.63, 3.8) is 0 Å². The number of para-hydroxylation sites is 1. The van der Waals surface area contributed by atoms with Crippen molar-refractivity contribution < 1.29 is 19.1 Å². The maximum absolute atomic E-state index is 12.5. The summed E-state index contributed by atoms with van der Waals surface area (Å²) in [7, 11) is 0. The summed E-state index contributed by atoms with van der Waals surface area (Å²) in [5, 5.41) is 5.65. The number of rotatable bonds is 7. The van der Waals surface area contributed by atoms with Crippen molar-refractivity contribution >= 4 is 17.5 Å². The number of anilines is 1. The Bertz CT molecular complexity index is 844. The Morgan fingerprint density at radius 2 is 2.00 bits per heavy atom. The van der Waals surface area contributed by atoms with Crippen molar-refractivity contribution in [3.05, 3.63) is 59.2 Å². The third-order valence-corrected chi connectivity index (χ3v) is 4.66. The van der Waals surface area contributed by atoms with Gasteiger partial charge in [0.05, 0.1) is 17.4 Å². The molecule has 3 rings (SSSR count). The molecule has 148 valence electrons. The molecule has 0 saturated carbocycles. The van der Waals surface area contributed by atoms with Crippen LogP contribution in [0.2, 0.25) is 0 Å². The zero-order valence-electron chi connectivity index (χ0n) is 16.3. The standard InChI is InChI=1S/C22H26N2O4/c1-15-9-10-16(2)20(12-15)28-14-21(25)24-19-8-4-3-7-18(19)22(26)23-13-17-6-5-11-27-17/h3-4,7-10,12,17H,5-6,11,13-14H2,1-2H3,(H,23,26)(H,24,25)/t17-/m0/s1. The number of carbonyl (C=O) groups excluding carboxylic acids is 2. The van der Waals surface area contributed by atoms with E-state index in [9.17, 15) is 9.59 Å². The normalized spacial score (nSPS) is 15.9. The third-order valence-electron chi connectivity index (χ3n) is 4.66. The first-order chi connectivity index (χ1) is 13.5. The molecular weight excluding hydrogens is 356 g/mol. The largest absolute Gasteiger partial charge is 0.483 e. The van der Waals surface area contributed by atoms with E-state index in [0.29, 0.717) is 23.5 Å². The Morgan fingerprint density at radius 3 is 2.79 bits per heavy atom. The Labute approximate surface area is 165 Å². The second-order valence-corrected chi connectivity index (χ2v) is 7.00. The van der Waals surface area contributed by atoms with Crippen LogP contribution in [0.15, 0.2) is 42.5 Å². The van der Waals surface area contributed by atoms with E-state index in [1.165, 1.54) is 0 Å². The third kappa shape index (κ3) is 5.33. The van der Waals surface area contributed by atoms with Gasteiger partial charge in [-0.05, 0) is 56.0 Å². The Morgan fingerprint density at radius 1 is 1.18 bits per heavy atom. The number of amides is 2. The van der Waals surface area contributed by atoms with Crippen LogP contribution >= 0.6 is 0 Å². The van der Waals surface area contributed by atoms with Gasteiger partial charge in [-0.15, -0.1) is 0 Å². The minimum Gasteiger partial charge on any atom is -0.483 e. The SMILES string of the molecule is Cc1ccc(C)c(OCC(=O)Nc2ccccc2C(=O)NC[C@@H]2CCCO2)c1. The Kier molecular flexibility index (Phi) is 6.66. The van der Waals surface area contributed by atoms with Gasteiger partial charge in [0.2, 0.25) is 0 Å². The average Bonchev–Trinajstić information content (AvgIpc) is 3.21. The Balaban J connectivity index is 1.58. The van der Waals surface area contributed by atoms with Crippen LogP contribution < -0.4 is 15.4 Å². The van der Waals surface area contributed by atoms with Crippen LogP contribution in [0.5, 0.6) is 5.75 Å². The summed E-state index contributed by atoms with van der Waals surface area (Å²) in [4.78, 5) is 24.9. The van der Waals surface area contributed by atoms with E-state index in [2.05, 4.69) is 10.6 Å². The van der Waals surface area contributed by atoms with E-state index >= 15 is 0 Å². The molecule has 0 aromatic heterocycles. The highest BCUT2D eigenvalue weighted by atomic mass is 16.5. The highest BCUT2D eigenvalue weighted by Gasteiger charge is 2.18. The molecule has 2 aromatic rings. The van der Waals surface area contributed by atoms with Crippen molar-refractivity contribution in [3.8, 4) is 5.75 Å². The maximum atomic E-state index is 12.5. The summed E-state index contributed by atoms with van der Waals surface area (Å²) < 4.78 is 11.2. The van der Waals surface area contributed by atoms with E-state index in [1.54, 1.807) is 24.3 Å². The van der Waals surface area contributed by atoms with E-state index in [4.69, 9.17) is 9.47 Å². The number of benzene rings is 2. The first kappa shape index (κ1) is 19.9. The van der Waals surface area contributed by atoms with Crippen LogP contribution in [0.4, 0.5) is 5.69 Å². The van der Waals surface area contributed by atoms with Crippen LogP contribution in [0.1, 0.15) is 34.3 Å². The lowest BCUT2D eigenvalue weighted by Gasteiger charge is -2.14. The summed E-state index contributed by atoms with van der Waals surface area (Å²) in [6.07, 6.45) is 2.04. The molecule has 6 nitrogen and oxygen atoms in total.